The fraction of sp³-hybridized carbons (Fsp3) is 0.435. The summed E-state index contributed by atoms with van der Waals surface area (Å²) >= 11 is 1.37. The van der Waals surface area contributed by atoms with E-state index in [9.17, 15) is 17.6 Å². The number of aldehydes is 1. The van der Waals surface area contributed by atoms with Gasteiger partial charge in [-0.25, -0.2) is 22.8 Å². The molecule has 1 saturated heterocycles. The van der Waals surface area contributed by atoms with Gasteiger partial charge in [0, 0.05) is 47.8 Å². The molecule has 1 fully saturated rings. The number of piperidine rings is 1. The Kier molecular flexibility index (Phi) is 6.52. The van der Waals surface area contributed by atoms with Crippen molar-refractivity contribution in [1.29, 1.82) is 0 Å². The summed E-state index contributed by atoms with van der Waals surface area (Å²) in [6, 6.07) is 3.90. The molecule has 2 aromatic heterocycles. The fourth-order valence-electron chi connectivity index (χ4n) is 4.01. The molecule has 176 valence electrons. The molecule has 0 radical (unpaired) electrons. The molecule has 0 spiro atoms. The first kappa shape index (κ1) is 23.7. The van der Waals surface area contributed by atoms with E-state index in [0.29, 0.717) is 17.0 Å². The lowest BCUT2D eigenvalue weighted by molar-refractivity contribution is -0.115. The molecule has 1 aromatic carbocycles. The molecule has 1 aliphatic heterocycles. The van der Waals surface area contributed by atoms with Gasteiger partial charge in [-0.1, -0.05) is 19.9 Å². The quantitative estimate of drug-likeness (QED) is 0.462. The van der Waals surface area contributed by atoms with Crippen molar-refractivity contribution in [2.24, 2.45) is 5.41 Å². The van der Waals surface area contributed by atoms with Gasteiger partial charge >= 0.3 is 0 Å². The minimum atomic E-state index is -3.50. The van der Waals surface area contributed by atoms with Crippen LogP contribution >= 0.6 is 11.3 Å². The van der Waals surface area contributed by atoms with Crippen LogP contribution < -0.4 is 4.74 Å². The highest BCUT2D eigenvalue weighted by Gasteiger charge is 2.27. The molecular weight excluding hydrogens is 465 g/mol. The summed E-state index contributed by atoms with van der Waals surface area (Å²) in [5, 5.41) is 1.79. The van der Waals surface area contributed by atoms with E-state index in [-0.39, 0.29) is 22.0 Å². The summed E-state index contributed by atoms with van der Waals surface area (Å²) in [5.41, 5.74) is 1.06. The number of aromatic nitrogens is 2. The Balaban J connectivity index is 1.53. The van der Waals surface area contributed by atoms with Gasteiger partial charge in [-0.05, 0) is 25.0 Å². The Labute approximate surface area is 196 Å². The number of carbonyl (C=O) groups is 1. The lowest BCUT2D eigenvalue weighted by Crippen LogP contribution is -2.43. The summed E-state index contributed by atoms with van der Waals surface area (Å²) in [4.78, 5) is 22.1. The third-order valence-corrected chi connectivity index (χ3v) is 7.81. The highest BCUT2D eigenvalue weighted by molar-refractivity contribution is 7.90. The second-order valence-electron chi connectivity index (χ2n) is 9.12. The summed E-state index contributed by atoms with van der Waals surface area (Å²) in [6.45, 7) is 6.27. The van der Waals surface area contributed by atoms with Gasteiger partial charge in [0.15, 0.2) is 9.84 Å². The van der Waals surface area contributed by atoms with E-state index in [1.165, 1.54) is 29.8 Å². The van der Waals surface area contributed by atoms with Gasteiger partial charge in [-0.15, -0.1) is 11.3 Å². The minimum absolute atomic E-state index is 0.00461. The van der Waals surface area contributed by atoms with Gasteiger partial charge in [0.2, 0.25) is 5.88 Å². The molecule has 0 atom stereocenters. The number of benzene rings is 1. The number of nitrogens with zero attached hydrogens (tertiary/aromatic N) is 3. The van der Waals surface area contributed by atoms with Crippen LogP contribution in [0.25, 0.3) is 21.3 Å². The number of likely N-dealkylation sites (tertiary alicyclic amines) is 1. The molecule has 4 rings (SSSR count). The van der Waals surface area contributed by atoms with Gasteiger partial charge in [-0.3, -0.25) is 0 Å². The molecule has 0 N–H and O–H groups in total. The second kappa shape index (κ2) is 9.08. The molecule has 1 aliphatic rings. The van der Waals surface area contributed by atoms with Crippen molar-refractivity contribution < 1.29 is 22.3 Å². The van der Waals surface area contributed by atoms with Gasteiger partial charge in [0.05, 0.1) is 10.4 Å². The lowest BCUT2D eigenvalue weighted by atomic mass is 9.94. The molecule has 3 aromatic rings. The van der Waals surface area contributed by atoms with Crippen LogP contribution in [0.4, 0.5) is 4.39 Å². The van der Waals surface area contributed by atoms with Crippen molar-refractivity contribution in [2.75, 3.05) is 25.9 Å². The largest absolute Gasteiger partial charge is 0.473 e. The van der Waals surface area contributed by atoms with E-state index in [1.54, 1.807) is 5.38 Å². The molecule has 3 heterocycles. The number of sulfone groups is 1. The Hall–Kier alpha value is -2.43. The van der Waals surface area contributed by atoms with Crippen LogP contribution in [-0.4, -0.2) is 61.6 Å². The first-order chi connectivity index (χ1) is 15.6. The third-order valence-electron chi connectivity index (χ3n) is 5.74. The molecule has 0 aliphatic carbocycles. The number of rotatable bonds is 7. The monoisotopic (exact) mass is 491 g/mol. The van der Waals surface area contributed by atoms with Crippen LogP contribution in [-0.2, 0) is 14.6 Å². The number of hydrogen-bond donors (Lipinski definition) is 0. The number of carbonyl (C=O) groups excluding carboxylic acids is 1. The summed E-state index contributed by atoms with van der Waals surface area (Å²) in [6.07, 6.45) is 5.08. The van der Waals surface area contributed by atoms with Crippen LogP contribution in [0.3, 0.4) is 0 Å². The number of hydrogen-bond acceptors (Lipinski definition) is 8. The van der Waals surface area contributed by atoms with E-state index in [0.717, 1.165) is 55.8 Å². The zero-order valence-electron chi connectivity index (χ0n) is 18.7. The number of thiophene rings is 1. The zero-order valence-corrected chi connectivity index (χ0v) is 20.4. The van der Waals surface area contributed by atoms with E-state index >= 15 is 0 Å². The van der Waals surface area contributed by atoms with Crippen LogP contribution in [0, 0.1) is 11.2 Å². The normalized spacial score (nSPS) is 16.2. The Morgan fingerprint density at radius 3 is 2.61 bits per heavy atom. The van der Waals surface area contributed by atoms with E-state index in [1.807, 2.05) is 13.8 Å². The highest BCUT2D eigenvalue weighted by Crippen LogP contribution is 2.38. The van der Waals surface area contributed by atoms with Crippen LogP contribution in [0.1, 0.15) is 26.7 Å². The third kappa shape index (κ3) is 5.23. The Morgan fingerprint density at radius 1 is 1.24 bits per heavy atom. The maximum atomic E-state index is 14.8. The molecule has 10 heteroatoms. The summed E-state index contributed by atoms with van der Waals surface area (Å²) in [7, 11) is -3.50. The van der Waals surface area contributed by atoms with E-state index in [2.05, 4.69) is 14.9 Å². The smallest absolute Gasteiger partial charge is 0.235 e. The lowest BCUT2D eigenvalue weighted by Gasteiger charge is -2.35. The van der Waals surface area contributed by atoms with Crippen molar-refractivity contribution in [3.63, 3.8) is 0 Å². The van der Waals surface area contributed by atoms with Crippen molar-refractivity contribution in [3.8, 4) is 17.0 Å². The van der Waals surface area contributed by atoms with E-state index in [4.69, 9.17) is 4.74 Å². The average Bonchev–Trinajstić information content (AvgIpc) is 3.19. The average molecular weight is 492 g/mol. The number of halogens is 1. The van der Waals surface area contributed by atoms with Gasteiger partial charge < -0.3 is 14.4 Å². The highest BCUT2D eigenvalue weighted by atomic mass is 32.2. The SMILES string of the molecule is CC(C)(C=O)CN1CCC(Oc2ncnc3c(-c4ccc(S(C)(=O)=O)cc4F)csc23)CC1. The first-order valence-electron chi connectivity index (χ1n) is 10.6. The predicted octanol–water partition coefficient (Wildman–Crippen LogP) is 3.97. The fourth-order valence-corrected chi connectivity index (χ4v) is 5.59. The van der Waals surface area contributed by atoms with Gasteiger partial charge in [-0.2, -0.15) is 0 Å². The summed E-state index contributed by atoms with van der Waals surface area (Å²) in [5.74, 6) is -0.152. The maximum Gasteiger partial charge on any atom is 0.235 e. The predicted molar refractivity (Wildman–Crippen MR) is 126 cm³/mol. The first-order valence-corrected chi connectivity index (χ1v) is 13.4. The van der Waals surface area contributed by atoms with Crippen LogP contribution in [0.5, 0.6) is 5.88 Å². The van der Waals surface area contributed by atoms with Crippen LogP contribution in [0.15, 0.2) is 34.8 Å². The van der Waals surface area contributed by atoms with Gasteiger partial charge in [0.1, 0.15) is 29.2 Å². The van der Waals surface area contributed by atoms with E-state index < -0.39 is 15.7 Å². The Morgan fingerprint density at radius 2 is 1.97 bits per heavy atom. The second-order valence-corrected chi connectivity index (χ2v) is 12.0. The van der Waals surface area contributed by atoms with Crippen molar-refractivity contribution in [2.45, 2.75) is 37.7 Å². The maximum absolute atomic E-state index is 14.8. The number of ether oxygens (including phenoxy) is 1. The molecular formula is C23H26FN3O4S2. The molecule has 0 saturated carbocycles. The molecule has 33 heavy (non-hydrogen) atoms. The standard InChI is InChI=1S/C23H26FN3O4S2/c1-23(2,13-28)12-27-8-6-15(7-9-27)31-22-21-20(25-14-26-22)18(11-32-21)17-5-4-16(10-19(17)24)33(3,29)30/h4-5,10-11,13-15H,6-9,12H2,1-3H3. The van der Waals surface area contributed by atoms with Gasteiger partial charge in [0.25, 0.3) is 0 Å². The van der Waals surface area contributed by atoms with Crippen molar-refractivity contribution in [1.82, 2.24) is 14.9 Å². The molecule has 0 amide bonds. The van der Waals surface area contributed by atoms with Crippen molar-refractivity contribution >= 4 is 37.7 Å². The molecule has 0 bridgehead atoms. The molecule has 0 unspecified atom stereocenters. The summed E-state index contributed by atoms with van der Waals surface area (Å²) < 4.78 is 45.1. The molecule has 7 nitrogen and oxygen atoms in total. The topological polar surface area (TPSA) is 89.5 Å². The zero-order chi connectivity index (χ0) is 23.8. The van der Waals surface area contributed by atoms with Crippen LogP contribution in [0.2, 0.25) is 0 Å². The number of fused-ring (bicyclic) bond motifs is 1. The van der Waals surface area contributed by atoms with Crippen molar-refractivity contribution in [3.05, 3.63) is 35.7 Å². The Bertz CT molecular complexity index is 1280. The minimum Gasteiger partial charge on any atom is -0.473 e.